The van der Waals surface area contributed by atoms with Crippen LogP contribution in [-0.4, -0.2) is 41.3 Å². The molecule has 0 saturated carbocycles. The summed E-state index contributed by atoms with van der Waals surface area (Å²) in [5.41, 5.74) is 3.33. The number of aromatic nitrogens is 2. The number of benzene rings is 1. The largest absolute Gasteiger partial charge is 0.423 e. The molecule has 0 amide bonds. The summed E-state index contributed by atoms with van der Waals surface area (Å²) in [6.07, 6.45) is 5.28. The molecule has 21 heavy (non-hydrogen) atoms. The Kier molecular flexibility index (Phi) is 4.20. The number of anilines is 1. The third kappa shape index (κ3) is 3.24. The molecule has 1 unspecified atom stereocenters. The number of nitrogens with zero attached hydrogens (tertiary/aromatic N) is 3. The van der Waals surface area contributed by atoms with Crippen molar-refractivity contribution < 1.29 is 4.42 Å². The number of likely N-dealkylation sites (tertiary alicyclic amines) is 1. The summed E-state index contributed by atoms with van der Waals surface area (Å²) in [5.74, 6) is 0.563. The standard InChI is InChI=1S/C16H22N4O/c1-12-6-7-13(16-19-18-11-21-16)9-15(12)17-10-14-5-3-4-8-20(14)2/h6-7,9,11,14,17H,3-5,8,10H2,1-2H3. The lowest BCUT2D eigenvalue weighted by Gasteiger charge is -2.33. The molecule has 1 fully saturated rings. The van der Waals surface area contributed by atoms with E-state index in [0.717, 1.165) is 17.8 Å². The molecular formula is C16H22N4O. The summed E-state index contributed by atoms with van der Waals surface area (Å²) >= 11 is 0. The molecule has 5 nitrogen and oxygen atoms in total. The second kappa shape index (κ2) is 6.26. The Hall–Kier alpha value is -1.88. The maximum absolute atomic E-state index is 5.27. The molecule has 1 N–H and O–H groups in total. The van der Waals surface area contributed by atoms with Crippen molar-refractivity contribution in [1.29, 1.82) is 0 Å². The maximum Gasteiger partial charge on any atom is 0.247 e. The Balaban J connectivity index is 1.71. The van der Waals surface area contributed by atoms with Gasteiger partial charge in [0.25, 0.3) is 0 Å². The van der Waals surface area contributed by atoms with Crippen LogP contribution in [0, 0.1) is 6.92 Å². The summed E-state index contributed by atoms with van der Waals surface area (Å²) in [4.78, 5) is 2.45. The number of hydrogen-bond acceptors (Lipinski definition) is 5. The van der Waals surface area contributed by atoms with Crippen LogP contribution in [0.3, 0.4) is 0 Å². The van der Waals surface area contributed by atoms with Gasteiger partial charge in [-0.1, -0.05) is 12.5 Å². The number of piperidine rings is 1. The molecule has 3 rings (SSSR count). The summed E-state index contributed by atoms with van der Waals surface area (Å²) < 4.78 is 5.27. The van der Waals surface area contributed by atoms with Crippen LogP contribution in [0.1, 0.15) is 24.8 Å². The quantitative estimate of drug-likeness (QED) is 0.936. The van der Waals surface area contributed by atoms with E-state index in [9.17, 15) is 0 Å². The highest BCUT2D eigenvalue weighted by Gasteiger charge is 2.18. The molecule has 2 aromatic rings. The first-order valence-corrected chi connectivity index (χ1v) is 7.55. The third-order valence-corrected chi connectivity index (χ3v) is 4.29. The van der Waals surface area contributed by atoms with Gasteiger partial charge in [-0.3, -0.25) is 0 Å². The van der Waals surface area contributed by atoms with Crippen molar-refractivity contribution in [2.24, 2.45) is 0 Å². The monoisotopic (exact) mass is 286 g/mol. The van der Waals surface area contributed by atoms with E-state index in [1.54, 1.807) is 0 Å². The molecule has 1 saturated heterocycles. The molecule has 0 radical (unpaired) electrons. The fourth-order valence-corrected chi connectivity index (χ4v) is 2.87. The van der Waals surface area contributed by atoms with E-state index in [1.807, 2.05) is 6.07 Å². The Morgan fingerprint density at radius 1 is 1.38 bits per heavy atom. The van der Waals surface area contributed by atoms with Crippen molar-refractivity contribution in [1.82, 2.24) is 15.1 Å². The molecule has 1 aromatic heterocycles. The molecule has 0 aliphatic carbocycles. The van der Waals surface area contributed by atoms with Gasteiger partial charge in [-0.05, 0) is 51.1 Å². The predicted molar refractivity (Wildman–Crippen MR) is 83.2 cm³/mol. The minimum Gasteiger partial charge on any atom is -0.423 e. The van der Waals surface area contributed by atoms with Crippen LogP contribution in [0.15, 0.2) is 29.0 Å². The van der Waals surface area contributed by atoms with Crippen molar-refractivity contribution >= 4 is 5.69 Å². The first-order chi connectivity index (χ1) is 10.2. The summed E-state index contributed by atoms with van der Waals surface area (Å²) in [7, 11) is 2.22. The second-order valence-corrected chi connectivity index (χ2v) is 5.78. The van der Waals surface area contributed by atoms with Gasteiger partial charge in [0.05, 0.1) is 0 Å². The van der Waals surface area contributed by atoms with Gasteiger partial charge < -0.3 is 14.6 Å². The van der Waals surface area contributed by atoms with Gasteiger partial charge in [0.15, 0.2) is 0 Å². The van der Waals surface area contributed by atoms with Crippen molar-refractivity contribution in [3.05, 3.63) is 30.2 Å². The molecule has 112 valence electrons. The van der Waals surface area contributed by atoms with Gasteiger partial charge in [-0.2, -0.15) is 0 Å². The molecule has 1 aliphatic rings. The Morgan fingerprint density at radius 2 is 2.29 bits per heavy atom. The van der Waals surface area contributed by atoms with E-state index in [1.165, 1.54) is 37.8 Å². The Morgan fingerprint density at radius 3 is 3.05 bits per heavy atom. The number of aryl methyl sites for hydroxylation is 1. The zero-order valence-corrected chi connectivity index (χ0v) is 12.7. The van der Waals surface area contributed by atoms with Crippen LogP contribution < -0.4 is 5.32 Å². The van der Waals surface area contributed by atoms with Crippen molar-refractivity contribution in [2.45, 2.75) is 32.2 Å². The Labute approximate surface area is 125 Å². The zero-order chi connectivity index (χ0) is 14.7. The van der Waals surface area contributed by atoms with E-state index >= 15 is 0 Å². The number of likely N-dealkylation sites (N-methyl/N-ethyl adjacent to an activating group) is 1. The highest BCUT2D eigenvalue weighted by molar-refractivity contribution is 5.64. The molecule has 1 aromatic carbocycles. The fourth-order valence-electron chi connectivity index (χ4n) is 2.87. The van der Waals surface area contributed by atoms with Gasteiger partial charge in [-0.15, -0.1) is 10.2 Å². The van der Waals surface area contributed by atoms with Crippen molar-refractivity contribution in [3.8, 4) is 11.5 Å². The molecule has 0 bridgehead atoms. The van der Waals surface area contributed by atoms with E-state index in [4.69, 9.17) is 4.42 Å². The predicted octanol–water partition coefficient (Wildman–Crippen LogP) is 2.94. The van der Waals surface area contributed by atoms with Crippen LogP contribution in [0.25, 0.3) is 11.5 Å². The first kappa shape index (κ1) is 14.1. The highest BCUT2D eigenvalue weighted by Crippen LogP contribution is 2.24. The highest BCUT2D eigenvalue weighted by atomic mass is 16.4. The van der Waals surface area contributed by atoms with Crippen molar-refractivity contribution in [3.63, 3.8) is 0 Å². The third-order valence-electron chi connectivity index (χ3n) is 4.29. The lowest BCUT2D eigenvalue weighted by molar-refractivity contribution is 0.194. The number of rotatable bonds is 4. The molecule has 1 atom stereocenters. The average Bonchev–Trinajstić information content (AvgIpc) is 3.02. The number of hydrogen-bond donors (Lipinski definition) is 1. The van der Waals surface area contributed by atoms with Crippen molar-refractivity contribution in [2.75, 3.05) is 25.5 Å². The van der Waals surface area contributed by atoms with E-state index in [2.05, 4.69) is 46.5 Å². The van der Waals surface area contributed by atoms with Gasteiger partial charge >= 0.3 is 0 Å². The van der Waals surface area contributed by atoms with Gasteiger partial charge in [-0.25, -0.2) is 0 Å². The topological polar surface area (TPSA) is 54.2 Å². The lowest BCUT2D eigenvalue weighted by atomic mass is 10.0. The van der Waals surface area contributed by atoms with Crippen LogP contribution in [-0.2, 0) is 0 Å². The van der Waals surface area contributed by atoms with Crippen LogP contribution in [0.4, 0.5) is 5.69 Å². The van der Waals surface area contributed by atoms with E-state index in [-0.39, 0.29) is 0 Å². The van der Waals surface area contributed by atoms with Gasteiger partial charge in [0.1, 0.15) is 0 Å². The number of nitrogens with one attached hydrogen (secondary N) is 1. The van der Waals surface area contributed by atoms with Crippen LogP contribution >= 0.6 is 0 Å². The second-order valence-electron chi connectivity index (χ2n) is 5.78. The Bertz CT molecular complexity index is 582. The minimum atomic E-state index is 0.563. The van der Waals surface area contributed by atoms with Gasteiger partial charge in [0.2, 0.25) is 12.3 Å². The van der Waals surface area contributed by atoms with Gasteiger partial charge in [0, 0.05) is 23.8 Å². The molecule has 5 heteroatoms. The molecular weight excluding hydrogens is 264 g/mol. The minimum absolute atomic E-state index is 0.563. The molecule has 2 heterocycles. The van der Waals surface area contributed by atoms with E-state index < -0.39 is 0 Å². The summed E-state index contributed by atoms with van der Waals surface area (Å²) in [6.45, 7) is 4.29. The smallest absolute Gasteiger partial charge is 0.247 e. The van der Waals surface area contributed by atoms with Crippen LogP contribution in [0.2, 0.25) is 0 Å². The zero-order valence-electron chi connectivity index (χ0n) is 12.7. The fraction of sp³-hybridized carbons (Fsp3) is 0.500. The summed E-state index contributed by atoms with van der Waals surface area (Å²) in [6, 6.07) is 6.81. The summed E-state index contributed by atoms with van der Waals surface area (Å²) in [5, 5.41) is 11.3. The normalized spacial score (nSPS) is 19.6. The maximum atomic E-state index is 5.27. The molecule has 0 spiro atoms. The average molecular weight is 286 g/mol. The lowest BCUT2D eigenvalue weighted by Crippen LogP contribution is -2.40. The first-order valence-electron chi connectivity index (χ1n) is 7.55. The van der Waals surface area contributed by atoms with Crippen LogP contribution in [0.5, 0.6) is 0 Å². The SMILES string of the molecule is Cc1ccc(-c2nnco2)cc1NCC1CCCCN1C. The van der Waals surface area contributed by atoms with E-state index in [0.29, 0.717) is 11.9 Å². The molecule has 1 aliphatic heterocycles.